The number of hydrogen-bond donors (Lipinski definition) is 2. The number of pyridine rings is 1. The van der Waals surface area contributed by atoms with Gasteiger partial charge in [-0.15, -0.1) is 0 Å². The van der Waals surface area contributed by atoms with Gasteiger partial charge >= 0.3 is 6.09 Å². The van der Waals surface area contributed by atoms with Gasteiger partial charge in [0.25, 0.3) is 0 Å². The highest BCUT2D eigenvalue weighted by molar-refractivity contribution is 5.68. The van der Waals surface area contributed by atoms with Crippen molar-refractivity contribution in [3.63, 3.8) is 0 Å². The standard InChI is InChI=1S/C16H27N3O3/c1-13(20)12-19(15(21)22-16(2,3)4)9-8-18-11-14-6-5-7-17-10-14/h5-7,10,13,18,20H,8-9,11-12H2,1-4H3. The SMILES string of the molecule is CC(O)CN(CCNCc1cccnc1)C(=O)OC(C)(C)C. The lowest BCUT2D eigenvalue weighted by Gasteiger charge is -2.28. The van der Waals surface area contributed by atoms with Crippen LogP contribution in [0.1, 0.15) is 33.3 Å². The first-order chi connectivity index (χ1) is 10.3. The molecule has 0 saturated carbocycles. The molecule has 0 aliphatic heterocycles. The number of aromatic nitrogens is 1. The number of amides is 1. The Kier molecular flexibility index (Phi) is 7.27. The summed E-state index contributed by atoms with van der Waals surface area (Å²) in [6.07, 6.45) is 2.53. The minimum atomic E-state index is -0.592. The summed E-state index contributed by atoms with van der Waals surface area (Å²) >= 11 is 0. The second kappa shape index (κ2) is 8.70. The highest BCUT2D eigenvalue weighted by Gasteiger charge is 2.22. The van der Waals surface area contributed by atoms with Crippen molar-refractivity contribution in [3.8, 4) is 0 Å². The molecule has 1 atom stereocenters. The van der Waals surface area contributed by atoms with Gasteiger partial charge < -0.3 is 20.1 Å². The zero-order valence-corrected chi connectivity index (χ0v) is 13.9. The van der Waals surface area contributed by atoms with Crippen LogP contribution in [0.4, 0.5) is 4.79 Å². The van der Waals surface area contributed by atoms with Crippen LogP contribution in [0.15, 0.2) is 24.5 Å². The number of nitrogens with zero attached hydrogens (tertiary/aromatic N) is 2. The predicted octanol–water partition coefficient (Wildman–Crippen LogP) is 1.79. The molecule has 1 amide bonds. The molecule has 6 heteroatoms. The monoisotopic (exact) mass is 309 g/mol. The molecular weight excluding hydrogens is 282 g/mol. The van der Waals surface area contributed by atoms with Crippen molar-refractivity contribution in [2.24, 2.45) is 0 Å². The molecule has 0 bridgehead atoms. The molecule has 0 radical (unpaired) electrons. The van der Waals surface area contributed by atoms with Crippen molar-refractivity contribution in [1.82, 2.24) is 15.2 Å². The van der Waals surface area contributed by atoms with Crippen molar-refractivity contribution < 1.29 is 14.6 Å². The summed E-state index contributed by atoms with van der Waals surface area (Å²) in [7, 11) is 0. The van der Waals surface area contributed by atoms with E-state index in [0.717, 1.165) is 5.56 Å². The first-order valence-electron chi connectivity index (χ1n) is 7.53. The molecule has 1 aromatic rings. The molecule has 0 fully saturated rings. The second-order valence-corrected chi connectivity index (χ2v) is 6.31. The van der Waals surface area contributed by atoms with Crippen molar-refractivity contribution in [3.05, 3.63) is 30.1 Å². The van der Waals surface area contributed by atoms with Gasteiger partial charge in [-0.05, 0) is 39.3 Å². The van der Waals surface area contributed by atoms with Crippen molar-refractivity contribution in [1.29, 1.82) is 0 Å². The number of carbonyl (C=O) groups excluding carboxylic acids is 1. The van der Waals surface area contributed by atoms with Gasteiger partial charge in [-0.1, -0.05) is 6.07 Å². The Bertz CT molecular complexity index is 444. The van der Waals surface area contributed by atoms with Crippen LogP contribution in [0, 0.1) is 0 Å². The summed E-state index contributed by atoms with van der Waals surface area (Å²) in [4.78, 5) is 17.7. The van der Waals surface area contributed by atoms with Gasteiger partial charge in [0.05, 0.1) is 6.10 Å². The Morgan fingerprint density at radius 1 is 1.50 bits per heavy atom. The average molecular weight is 309 g/mol. The molecule has 1 unspecified atom stereocenters. The Hall–Kier alpha value is -1.66. The van der Waals surface area contributed by atoms with Gasteiger partial charge in [-0.2, -0.15) is 0 Å². The van der Waals surface area contributed by atoms with Gasteiger partial charge in [-0.3, -0.25) is 4.98 Å². The topological polar surface area (TPSA) is 74.7 Å². The second-order valence-electron chi connectivity index (χ2n) is 6.31. The lowest BCUT2D eigenvalue weighted by Crippen LogP contribution is -2.43. The number of carbonyl (C=O) groups is 1. The molecule has 0 aliphatic carbocycles. The Balaban J connectivity index is 2.42. The van der Waals surface area contributed by atoms with Crippen LogP contribution in [0.5, 0.6) is 0 Å². The molecule has 2 N–H and O–H groups in total. The minimum absolute atomic E-state index is 0.253. The highest BCUT2D eigenvalue weighted by atomic mass is 16.6. The minimum Gasteiger partial charge on any atom is -0.444 e. The molecule has 1 aromatic heterocycles. The van der Waals surface area contributed by atoms with Crippen LogP contribution in [0.25, 0.3) is 0 Å². The molecule has 0 saturated heterocycles. The van der Waals surface area contributed by atoms with Gasteiger partial charge in [0.2, 0.25) is 0 Å². The fraction of sp³-hybridized carbons (Fsp3) is 0.625. The lowest BCUT2D eigenvalue weighted by molar-refractivity contribution is 0.0164. The van der Waals surface area contributed by atoms with E-state index in [4.69, 9.17) is 4.74 Å². The van der Waals surface area contributed by atoms with Crippen LogP contribution < -0.4 is 5.32 Å². The summed E-state index contributed by atoms with van der Waals surface area (Å²) in [6.45, 7) is 9.15. The van der Waals surface area contributed by atoms with E-state index in [1.807, 2.05) is 32.9 Å². The van der Waals surface area contributed by atoms with E-state index in [9.17, 15) is 9.90 Å². The lowest BCUT2D eigenvalue weighted by atomic mass is 10.2. The van der Waals surface area contributed by atoms with Crippen LogP contribution in [-0.2, 0) is 11.3 Å². The number of aliphatic hydroxyl groups is 1. The van der Waals surface area contributed by atoms with E-state index in [1.165, 1.54) is 4.90 Å². The molecule has 0 aromatic carbocycles. The fourth-order valence-electron chi connectivity index (χ4n) is 1.85. The third-order valence-electron chi connectivity index (χ3n) is 2.75. The molecule has 22 heavy (non-hydrogen) atoms. The number of nitrogens with one attached hydrogen (secondary N) is 1. The maximum atomic E-state index is 12.1. The largest absolute Gasteiger partial charge is 0.444 e. The Morgan fingerprint density at radius 2 is 2.23 bits per heavy atom. The molecule has 0 spiro atoms. The molecule has 6 nitrogen and oxygen atoms in total. The smallest absolute Gasteiger partial charge is 0.410 e. The summed E-state index contributed by atoms with van der Waals surface area (Å²) in [6, 6.07) is 3.87. The third-order valence-corrected chi connectivity index (χ3v) is 2.75. The van der Waals surface area contributed by atoms with E-state index < -0.39 is 17.8 Å². The van der Waals surface area contributed by atoms with E-state index in [0.29, 0.717) is 19.6 Å². The van der Waals surface area contributed by atoms with Crippen LogP contribution in [-0.4, -0.2) is 52.4 Å². The van der Waals surface area contributed by atoms with Crippen molar-refractivity contribution >= 4 is 6.09 Å². The zero-order chi connectivity index (χ0) is 16.6. The van der Waals surface area contributed by atoms with E-state index in [1.54, 1.807) is 19.3 Å². The molecule has 124 valence electrons. The first kappa shape index (κ1) is 18.4. The van der Waals surface area contributed by atoms with E-state index >= 15 is 0 Å². The third kappa shape index (κ3) is 7.95. The van der Waals surface area contributed by atoms with Crippen molar-refractivity contribution in [2.45, 2.75) is 45.9 Å². The van der Waals surface area contributed by atoms with Gasteiger partial charge in [-0.25, -0.2) is 4.79 Å². The number of aliphatic hydroxyl groups excluding tert-OH is 1. The Labute approximate surface area is 132 Å². The molecule has 1 heterocycles. The van der Waals surface area contributed by atoms with E-state index in [2.05, 4.69) is 10.3 Å². The first-order valence-corrected chi connectivity index (χ1v) is 7.53. The van der Waals surface area contributed by atoms with Crippen molar-refractivity contribution in [2.75, 3.05) is 19.6 Å². The van der Waals surface area contributed by atoms with Crippen LogP contribution in [0.2, 0.25) is 0 Å². The van der Waals surface area contributed by atoms with Gasteiger partial charge in [0.1, 0.15) is 5.60 Å². The van der Waals surface area contributed by atoms with E-state index in [-0.39, 0.29) is 6.54 Å². The zero-order valence-electron chi connectivity index (χ0n) is 13.9. The number of ether oxygens (including phenoxy) is 1. The van der Waals surface area contributed by atoms with Crippen LogP contribution >= 0.6 is 0 Å². The summed E-state index contributed by atoms with van der Waals surface area (Å²) in [5, 5.41) is 12.8. The maximum Gasteiger partial charge on any atom is 0.410 e. The van der Waals surface area contributed by atoms with Crippen LogP contribution in [0.3, 0.4) is 0 Å². The molecule has 1 rings (SSSR count). The van der Waals surface area contributed by atoms with Gasteiger partial charge in [0.15, 0.2) is 0 Å². The fourth-order valence-corrected chi connectivity index (χ4v) is 1.85. The Morgan fingerprint density at radius 3 is 2.77 bits per heavy atom. The molecular formula is C16H27N3O3. The average Bonchev–Trinajstić information content (AvgIpc) is 2.41. The normalized spacial score (nSPS) is 12.8. The summed E-state index contributed by atoms with van der Waals surface area (Å²) < 4.78 is 5.35. The highest BCUT2D eigenvalue weighted by Crippen LogP contribution is 2.10. The number of rotatable bonds is 7. The quantitative estimate of drug-likeness (QED) is 0.751. The summed E-state index contributed by atoms with van der Waals surface area (Å²) in [5.41, 5.74) is 0.541. The summed E-state index contributed by atoms with van der Waals surface area (Å²) in [5.74, 6) is 0. The maximum absolute atomic E-state index is 12.1. The number of hydrogen-bond acceptors (Lipinski definition) is 5. The predicted molar refractivity (Wildman–Crippen MR) is 85.4 cm³/mol. The van der Waals surface area contributed by atoms with Gasteiger partial charge in [0, 0.05) is 38.6 Å². The molecule has 0 aliphatic rings.